The minimum absolute atomic E-state index is 0.339. The molecule has 0 bridgehead atoms. The smallest absolute Gasteiger partial charge is 0.331 e. The molecule has 132 valence electrons. The second kappa shape index (κ2) is 8.02. The molecule has 0 aliphatic rings. The molecule has 0 amide bonds. The molecule has 0 spiro atoms. The average Bonchev–Trinajstić information content (AvgIpc) is 2.54. The number of ether oxygens (including phenoxy) is 2. The van der Waals surface area contributed by atoms with E-state index in [0.717, 1.165) is 28.0 Å². The molecule has 0 aromatic heterocycles. The van der Waals surface area contributed by atoms with Gasteiger partial charge in [0.25, 0.3) is 0 Å². The molecular formula is C22H26O3. The monoisotopic (exact) mass is 338 g/mol. The van der Waals surface area contributed by atoms with Gasteiger partial charge in [-0.05, 0) is 69.0 Å². The van der Waals surface area contributed by atoms with Gasteiger partial charge in [0.2, 0.25) is 0 Å². The number of rotatable bonds is 5. The molecule has 0 atom stereocenters. The third-order valence-corrected chi connectivity index (χ3v) is 3.82. The number of carbonyl (C=O) groups excluding carboxylic acids is 1. The van der Waals surface area contributed by atoms with E-state index in [4.69, 9.17) is 9.47 Å². The van der Waals surface area contributed by atoms with Crippen LogP contribution in [-0.4, -0.2) is 11.6 Å². The van der Waals surface area contributed by atoms with Gasteiger partial charge in [0.05, 0.1) is 0 Å². The van der Waals surface area contributed by atoms with Gasteiger partial charge in [0, 0.05) is 6.08 Å². The molecule has 3 heteroatoms. The van der Waals surface area contributed by atoms with Crippen molar-refractivity contribution < 1.29 is 14.3 Å². The first-order chi connectivity index (χ1) is 11.8. The number of esters is 1. The summed E-state index contributed by atoms with van der Waals surface area (Å²) in [5.74, 6) is 0.518. The Labute approximate surface area is 150 Å². The summed E-state index contributed by atoms with van der Waals surface area (Å²) >= 11 is 0. The SMILES string of the molecule is Cc1c(C=CC(=O)OC(C)(C)C)ccc(OCc2ccccc2)c1C. The van der Waals surface area contributed by atoms with Crippen molar-refractivity contribution in [3.63, 3.8) is 0 Å². The Morgan fingerprint density at radius 2 is 1.68 bits per heavy atom. The first-order valence-corrected chi connectivity index (χ1v) is 8.44. The molecule has 2 aromatic rings. The Morgan fingerprint density at radius 3 is 2.32 bits per heavy atom. The predicted molar refractivity (Wildman–Crippen MR) is 102 cm³/mol. The third-order valence-electron chi connectivity index (χ3n) is 3.82. The number of benzene rings is 2. The second-order valence-electron chi connectivity index (χ2n) is 7.04. The highest BCUT2D eigenvalue weighted by Gasteiger charge is 2.14. The zero-order valence-electron chi connectivity index (χ0n) is 15.6. The van der Waals surface area contributed by atoms with Crippen molar-refractivity contribution >= 4 is 12.0 Å². The summed E-state index contributed by atoms with van der Waals surface area (Å²) in [7, 11) is 0. The molecule has 0 aliphatic heterocycles. The highest BCUT2D eigenvalue weighted by atomic mass is 16.6. The first kappa shape index (κ1) is 18.8. The lowest BCUT2D eigenvalue weighted by molar-refractivity contribution is -0.148. The fourth-order valence-corrected chi connectivity index (χ4v) is 2.38. The molecule has 0 heterocycles. The minimum Gasteiger partial charge on any atom is -0.489 e. The van der Waals surface area contributed by atoms with Crippen molar-refractivity contribution in [3.05, 3.63) is 70.8 Å². The zero-order valence-corrected chi connectivity index (χ0v) is 15.6. The molecule has 0 N–H and O–H groups in total. The van der Waals surface area contributed by atoms with Crippen LogP contribution in [0.2, 0.25) is 0 Å². The summed E-state index contributed by atoms with van der Waals surface area (Å²) in [4.78, 5) is 11.8. The molecule has 0 unspecified atom stereocenters. The lowest BCUT2D eigenvalue weighted by Crippen LogP contribution is -2.22. The van der Waals surface area contributed by atoms with Crippen LogP contribution in [0.3, 0.4) is 0 Å². The fourth-order valence-electron chi connectivity index (χ4n) is 2.38. The van der Waals surface area contributed by atoms with Crippen LogP contribution >= 0.6 is 0 Å². The summed E-state index contributed by atoms with van der Waals surface area (Å²) in [6, 6.07) is 14.0. The van der Waals surface area contributed by atoms with E-state index in [-0.39, 0.29) is 5.97 Å². The largest absolute Gasteiger partial charge is 0.489 e. The van der Waals surface area contributed by atoms with Crippen molar-refractivity contribution in [2.75, 3.05) is 0 Å². The van der Waals surface area contributed by atoms with Gasteiger partial charge in [0.1, 0.15) is 18.0 Å². The van der Waals surface area contributed by atoms with Gasteiger partial charge >= 0.3 is 5.97 Å². The van der Waals surface area contributed by atoms with Crippen LogP contribution in [0, 0.1) is 13.8 Å². The number of hydrogen-bond donors (Lipinski definition) is 0. The molecule has 3 nitrogen and oxygen atoms in total. The van der Waals surface area contributed by atoms with Crippen LogP contribution in [-0.2, 0) is 16.1 Å². The standard InChI is InChI=1S/C22H26O3/c1-16-17(2)20(24-15-18-9-7-6-8-10-18)13-11-19(16)12-14-21(23)25-22(3,4)5/h6-14H,15H2,1-5H3. The normalized spacial score (nSPS) is 11.6. The van der Waals surface area contributed by atoms with Crippen LogP contribution in [0.15, 0.2) is 48.5 Å². The molecule has 0 fully saturated rings. The van der Waals surface area contributed by atoms with Gasteiger partial charge in [-0.1, -0.05) is 36.4 Å². The summed E-state index contributed by atoms with van der Waals surface area (Å²) in [6.07, 6.45) is 3.26. The number of hydrogen-bond acceptors (Lipinski definition) is 3. The Kier molecular flexibility index (Phi) is 6.02. The number of carbonyl (C=O) groups is 1. The maximum Gasteiger partial charge on any atom is 0.331 e. The quantitative estimate of drug-likeness (QED) is 0.552. The van der Waals surface area contributed by atoms with Crippen LogP contribution < -0.4 is 4.74 Å². The van der Waals surface area contributed by atoms with Crippen LogP contribution in [0.25, 0.3) is 6.08 Å². The van der Waals surface area contributed by atoms with E-state index in [1.807, 2.05) is 77.1 Å². The summed E-state index contributed by atoms with van der Waals surface area (Å²) < 4.78 is 11.2. The molecule has 2 aromatic carbocycles. The molecule has 0 saturated heterocycles. The molecule has 2 rings (SSSR count). The maximum absolute atomic E-state index is 11.8. The van der Waals surface area contributed by atoms with Crippen LogP contribution in [0.5, 0.6) is 5.75 Å². The van der Waals surface area contributed by atoms with Gasteiger partial charge in [-0.3, -0.25) is 0 Å². The summed E-state index contributed by atoms with van der Waals surface area (Å²) in [6.45, 7) is 10.2. The highest BCUT2D eigenvalue weighted by Crippen LogP contribution is 2.26. The van der Waals surface area contributed by atoms with Crippen molar-refractivity contribution in [2.24, 2.45) is 0 Å². The van der Waals surface area contributed by atoms with Gasteiger partial charge in [-0.15, -0.1) is 0 Å². The van der Waals surface area contributed by atoms with Crippen molar-refractivity contribution in [1.29, 1.82) is 0 Å². The molecular weight excluding hydrogens is 312 g/mol. The summed E-state index contributed by atoms with van der Waals surface area (Å²) in [5, 5.41) is 0. The Bertz CT molecular complexity index is 753. The van der Waals surface area contributed by atoms with Gasteiger partial charge in [-0.25, -0.2) is 4.79 Å². The fraction of sp³-hybridized carbons (Fsp3) is 0.318. The molecule has 0 saturated carbocycles. The maximum atomic E-state index is 11.8. The highest BCUT2D eigenvalue weighted by molar-refractivity contribution is 5.87. The molecule has 25 heavy (non-hydrogen) atoms. The average molecular weight is 338 g/mol. The minimum atomic E-state index is -0.485. The van der Waals surface area contributed by atoms with Crippen LogP contribution in [0.4, 0.5) is 0 Å². The van der Waals surface area contributed by atoms with E-state index in [9.17, 15) is 4.79 Å². The summed E-state index contributed by atoms with van der Waals surface area (Å²) in [5.41, 5.74) is 3.79. The molecule has 0 radical (unpaired) electrons. The van der Waals surface area contributed by atoms with E-state index in [1.54, 1.807) is 6.08 Å². The second-order valence-corrected chi connectivity index (χ2v) is 7.04. The van der Waals surface area contributed by atoms with Crippen LogP contribution in [0.1, 0.15) is 43.0 Å². The molecule has 0 aliphatic carbocycles. The van der Waals surface area contributed by atoms with E-state index in [0.29, 0.717) is 6.61 Å². The third kappa shape index (κ3) is 5.79. The van der Waals surface area contributed by atoms with E-state index < -0.39 is 5.60 Å². The van der Waals surface area contributed by atoms with Crippen molar-refractivity contribution in [2.45, 2.75) is 46.8 Å². The van der Waals surface area contributed by atoms with Crippen molar-refractivity contribution in [3.8, 4) is 5.75 Å². The van der Waals surface area contributed by atoms with E-state index in [1.165, 1.54) is 6.08 Å². The van der Waals surface area contributed by atoms with E-state index >= 15 is 0 Å². The van der Waals surface area contributed by atoms with E-state index in [2.05, 4.69) is 0 Å². The van der Waals surface area contributed by atoms with Gasteiger partial charge in [-0.2, -0.15) is 0 Å². The van der Waals surface area contributed by atoms with Gasteiger partial charge in [0.15, 0.2) is 0 Å². The first-order valence-electron chi connectivity index (χ1n) is 8.44. The zero-order chi connectivity index (χ0) is 18.4. The van der Waals surface area contributed by atoms with Gasteiger partial charge < -0.3 is 9.47 Å². The predicted octanol–water partition coefficient (Wildman–Crippen LogP) is 5.24. The Balaban J connectivity index is 2.08. The lowest BCUT2D eigenvalue weighted by atomic mass is 10.0. The topological polar surface area (TPSA) is 35.5 Å². The lowest BCUT2D eigenvalue weighted by Gasteiger charge is -2.18. The Morgan fingerprint density at radius 1 is 1.00 bits per heavy atom. The Hall–Kier alpha value is -2.55. The van der Waals surface area contributed by atoms with Crippen molar-refractivity contribution in [1.82, 2.24) is 0 Å².